The molecule has 5 aromatic heterocycles. The summed E-state index contributed by atoms with van der Waals surface area (Å²) in [6.07, 6.45) is 1.93. The molecule has 14 heteroatoms. The molecule has 0 aliphatic carbocycles. The minimum absolute atomic E-state index is 0.178. The predicted molar refractivity (Wildman–Crippen MR) is 191 cm³/mol. The number of rotatable bonds is 9. The quantitative estimate of drug-likeness (QED) is 0.149. The van der Waals surface area contributed by atoms with Gasteiger partial charge in [0.05, 0.1) is 53.4 Å². The summed E-state index contributed by atoms with van der Waals surface area (Å²) >= 11 is 0. The van der Waals surface area contributed by atoms with Gasteiger partial charge >= 0.3 is 0 Å². The van der Waals surface area contributed by atoms with E-state index in [4.69, 9.17) is 19.1 Å². The van der Waals surface area contributed by atoms with Gasteiger partial charge in [-0.3, -0.25) is 18.4 Å². The van der Waals surface area contributed by atoms with Crippen LogP contribution in [-0.4, -0.2) is 78.1 Å². The van der Waals surface area contributed by atoms with E-state index >= 15 is 4.39 Å². The maximum absolute atomic E-state index is 15.2. The largest absolute Gasteiger partial charge is 0.481 e. The Morgan fingerprint density at radius 2 is 1.86 bits per heavy atom. The molecule has 0 N–H and O–H groups in total. The third-order valence-electron chi connectivity index (χ3n) is 9.42. The van der Waals surface area contributed by atoms with E-state index in [1.54, 1.807) is 67.7 Å². The molecule has 0 unspecified atom stereocenters. The second kappa shape index (κ2) is 12.1. The molecule has 0 radical (unpaired) electrons. The molecule has 7 aromatic rings. The lowest BCUT2D eigenvalue weighted by molar-refractivity contribution is 0.0567. The van der Waals surface area contributed by atoms with Crippen molar-refractivity contribution in [2.75, 3.05) is 37.8 Å². The van der Waals surface area contributed by atoms with Crippen molar-refractivity contribution in [3.05, 3.63) is 84.1 Å². The van der Waals surface area contributed by atoms with Crippen LogP contribution in [0.15, 0.2) is 71.3 Å². The van der Waals surface area contributed by atoms with Gasteiger partial charge in [-0.2, -0.15) is 0 Å². The van der Waals surface area contributed by atoms with Crippen molar-refractivity contribution in [1.82, 2.24) is 24.3 Å². The van der Waals surface area contributed by atoms with Crippen molar-refractivity contribution in [2.24, 2.45) is 0 Å². The van der Waals surface area contributed by atoms with Crippen molar-refractivity contribution in [1.29, 1.82) is 0 Å². The summed E-state index contributed by atoms with van der Waals surface area (Å²) in [5, 5.41) is 0.859. The van der Waals surface area contributed by atoms with Crippen molar-refractivity contribution in [3.63, 3.8) is 0 Å². The zero-order valence-electron chi connectivity index (χ0n) is 28.1. The van der Waals surface area contributed by atoms with Gasteiger partial charge in [-0.1, -0.05) is 13.0 Å². The van der Waals surface area contributed by atoms with Gasteiger partial charge in [-0.05, 0) is 42.5 Å². The molecule has 11 nitrogen and oxygen atoms in total. The van der Waals surface area contributed by atoms with Crippen LogP contribution in [0.5, 0.6) is 5.88 Å². The molecule has 0 amide bonds. The number of sulfonamides is 1. The van der Waals surface area contributed by atoms with Gasteiger partial charge in [0.2, 0.25) is 15.9 Å². The van der Waals surface area contributed by atoms with Crippen LogP contribution in [0.3, 0.4) is 0 Å². The number of methoxy groups -OCH3 is 1. The average molecular weight is 711 g/mol. The zero-order valence-corrected chi connectivity index (χ0v) is 29.0. The number of ether oxygens (including phenoxy) is 1. The summed E-state index contributed by atoms with van der Waals surface area (Å²) in [5.41, 5.74) is 4.43. The van der Waals surface area contributed by atoms with E-state index in [0.717, 1.165) is 10.6 Å². The third kappa shape index (κ3) is 5.45. The molecule has 2 aromatic carbocycles. The Bertz CT molecular complexity index is 2650. The summed E-state index contributed by atoms with van der Waals surface area (Å²) in [7, 11) is -0.836. The van der Waals surface area contributed by atoms with Gasteiger partial charge in [0, 0.05) is 66.8 Å². The maximum Gasteiger partial charge on any atom is 0.232 e. The summed E-state index contributed by atoms with van der Waals surface area (Å²) < 4.78 is 69.3. The third-order valence-corrected chi connectivity index (χ3v) is 10.6. The minimum atomic E-state index is -3.77. The highest BCUT2D eigenvalue weighted by Gasteiger charge is 2.29. The first-order valence-electron chi connectivity index (χ1n) is 16.3. The van der Waals surface area contributed by atoms with Crippen LogP contribution >= 0.6 is 0 Å². The second-order valence-corrected chi connectivity index (χ2v) is 14.7. The predicted octanol–water partition coefficient (Wildman–Crippen LogP) is 6.80. The standard InChI is InChI=1S/C37H32F2N6O5S/c1-5-31(46)35-24-13-23(29(43(2)51(4,47)48)15-32(24)50-37(35)20-9-12-34(49-3)40-16-20)26-10-11-27-36(42-26)30-14-22-25(39)7-6-8-28(22)45(30)33(41-27)19-44-17-21(38)18-44/h6-16,21H,5,17-19H2,1-4H3. The van der Waals surface area contributed by atoms with E-state index < -0.39 is 22.0 Å². The summed E-state index contributed by atoms with van der Waals surface area (Å²) in [4.78, 5) is 29.7. The lowest BCUT2D eigenvalue weighted by Gasteiger charge is -2.34. The van der Waals surface area contributed by atoms with Crippen LogP contribution in [0, 0.1) is 5.82 Å². The average Bonchev–Trinajstić information content (AvgIpc) is 3.69. The number of benzene rings is 2. The number of hydrogen-bond acceptors (Lipinski definition) is 9. The van der Waals surface area contributed by atoms with E-state index in [1.165, 1.54) is 20.2 Å². The van der Waals surface area contributed by atoms with Crippen molar-refractivity contribution < 1.29 is 31.1 Å². The number of hydrogen-bond donors (Lipinski definition) is 0. The topological polar surface area (TPSA) is 123 Å². The molecule has 6 heterocycles. The number of Topliss-reactive ketones (excluding diaryl/α,β-unsaturated/α-hetero) is 1. The van der Waals surface area contributed by atoms with Crippen molar-refractivity contribution >= 4 is 59.9 Å². The van der Waals surface area contributed by atoms with Crippen LogP contribution in [0.2, 0.25) is 0 Å². The van der Waals surface area contributed by atoms with E-state index in [2.05, 4.69) is 4.98 Å². The Labute approximate surface area is 291 Å². The van der Waals surface area contributed by atoms with Crippen LogP contribution in [0.25, 0.3) is 61.0 Å². The van der Waals surface area contributed by atoms with Crippen LogP contribution in [0.4, 0.5) is 14.5 Å². The summed E-state index contributed by atoms with van der Waals surface area (Å²) in [6, 6.07) is 16.8. The van der Waals surface area contributed by atoms with E-state index in [1.807, 2.05) is 9.30 Å². The van der Waals surface area contributed by atoms with E-state index in [0.29, 0.717) is 84.8 Å². The number of alkyl halides is 1. The van der Waals surface area contributed by atoms with Crippen LogP contribution < -0.4 is 9.04 Å². The fourth-order valence-corrected chi connectivity index (χ4v) is 7.24. The maximum atomic E-state index is 15.2. The number of pyridine rings is 2. The Kier molecular flexibility index (Phi) is 7.76. The van der Waals surface area contributed by atoms with E-state index in [-0.39, 0.29) is 31.0 Å². The molecule has 0 bridgehead atoms. The molecule has 1 fully saturated rings. The number of fused-ring (bicyclic) bond motifs is 6. The molecular formula is C37H32F2N6O5S. The van der Waals surface area contributed by atoms with E-state index in [9.17, 15) is 17.6 Å². The number of aromatic nitrogens is 4. The molecule has 8 rings (SSSR count). The smallest absolute Gasteiger partial charge is 0.232 e. The van der Waals surface area contributed by atoms with Crippen molar-refractivity contribution in [2.45, 2.75) is 26.1 Å². The zero-order chi connectivity index (χ0) is 35.8. The molecule has 1 aliphatic heterocycles. The fraction of sp³-hybridized carbons (Fsp3) is 0.243. The Balaban J connectivity index is 1.39. The highest BCUT2D eigenvalue weighted by atomic mass is 32.2. The fourth-order valence-electron chi connectivity index (χ4n) is 6.73. The molecule has 260 valence electrons. The Hall–Kier alpha value is -5.47. The minimum Gasteiger partial charge on any atom is -0.481 e. The first kappa shape index (κ1) is 32.7. The summed E-state index contributed by atoms with van der Waals surface area (Å²) in [5.74, 6) is 0.717. The first-order chi connectivity index (χ1) is 24.4. The second-order valence-electron chi connectivity index (χ2n) is 12.7. The van der Waals surface area contributed by atoms with Gasteiger partial charge in [0.15, 0.2) is 5.78 Å². The highest BCUT2D eigenvalue weighted by molar-refractivity contribution is 7.92. The van der Waals surface area contributed by atoms with Crippen LogP contribution in [-0.2, 0) is 16.6 Å². The summed E-state index contributed by atoms with van der Waals surface area (Å²) in [6.45, 7) is 2.69. The number of ketones is 1. The van der Waals surface area contributed by atoms with Gasteiger partial charge < -0.3 is 9.15 Å². The lowest BCUT2D eigenvalue weighted by atomic mass is 9.98. The molecule has 0 saturated carbocycles. The molecule has 0 atom stereocenters. The van der Waals surface area contributed by atoms with Gasteiger partial charge in [0.25, 0.3) is 0 Å². The lowest BCUT2D eigenvalue weighted by Crippen LogP contribution is -2.47. The highest BCUT2D eigenvalue weighted by Crippen LogP contribution is 2.42. The first-order valence-corrected chi connectivity index (χ1v) is 18.1. The molecular weight excluding hydrogens is 679 g/mol. The van der Waals surface area contributed by atoms with Crippen LogP contribution in [0.1, 0.15) is 29.5 Å². The number of halogens is 2. The SMILES string of the molecule is CCC(=O)c1c(-c2ccc(OC)nc2)oc2cc(N(C)S(C)(=O)=O)c(-c3ccc4nc(CN5CC(F)C5)n5c6cccc(F)c6cc5c4n3)cc12. The number of anilines is 1. The van der Waals surface area contributed by atoms with Gasteiger partial charge in [0.1, 0.15) is 34.7 Å². The molecule has 1 saturated heterocycles. The number of furan rings is 1. The monoisotopic (exact) mass is 710 g/mol. The molecule has 1 aliphatic rings. The molecule has 51 heavy (non-hydrogen) atoms. The molecule has 0 spiro atoms. The Morgan fingerprint density at radius 1 is 1.06 bits per heavy atom. The number of likely N-dealkylation sites (tertiary alicyclic amines) is 1. The number of carbonyl (C=O) groups excluding carboxylic acids is 1. The number of nitrogens with zero attached hydrogens (tertiary/aromatic N) is 6. The normalized spacial score (nSPS) is 14.2. The van der Waals surface area contributed by atoms with Gasteiger partial charge in [-0.25, -0.2) is 32.2 Å². The van der Waals surface area contributed by atoms with Crippen molar-refractivity contribution in [3.8, 4) is 28.5 Å². The van der Waals surface area contributed by atoms with Gasteiger partial charge in [-0.15, -0.1) is 0 Å². The number of carbonyl (C=O) groups is 1. The Morgan fingerprint density at radius 3 is 2.55 bits per heavy atom.